The molecule has 0 bridgehead atoms. The molecule has 0 aliphatic carbocycles. The van der Waals surface area contributed by atoms with Crippen molar-refractivity contribution in [2.45, 2.75) is 13.5 Å². The summed E-state index contributed by atoms with van der Waals surface area (Å²) in [4.78, 5) is 16.7. The lowest BCUT2D eigenvalue weighted by Gasteiger charge is -2.12. The van der Waals surface area contributed by atoms with Crippen molar-refractivity contribution in [2.24, 2.45) is 5.73 Å². The normalized spacial score (nSPS) is 10.8. The molecule has 0 atom stereocenters. The van der Waals surface area contributed by atoms with Gasteiger partial charge in [-0.25, -0.2) is 4.98 Å². The van der Waals surface area contributed by atoms with Gasteiger partial charge < -0.3 is 20.4 Å². The zero-order chi connectivity index (χ0) is 22.0. The number of methoxy groups -OCH3 is 1. The molecular weight excluding hydrogens is 432 g/mol. The number of rotatable bonds is 7. The van der Waals surface area contributed by atoms with Crippen molar-refractivity contribution in [1.29, 1.82) is 0 Å². The van der Waals surface area contributed by atoms with E-state index >= 15 is 0 Å². The summed E-state index contributed by atoms with van der Waals surface area (Å²) in [5.74, 6) is 0.319. The van der Waals surface area contributed by atoms with E-state index in [1.54, 1.807) is 13.2 Å². The summed E-state index contributed by atoms with van der Waals surface area (Å²) in [7, 11) is 1.64. The Morgan fingerprint density at radius 3 is 2.71 bits per heavy atom. The number of amides is 1. The molecule has 0 saturated heterocycles. The number of ether oxygens (including phenoxy) is 1. The third kappa shape index (κ3) is 4.57. The van der Waals surface area contributed by atoms with Crippen LogP contribution in [0.3, 0.4) is 0 Å². The van der Waals surface area contributed by atoms with Crippen LogP contribution in [0.25, 0.3) is 11.4 Å². The highest BCUT2D eigenvalue weighted by molar-refractivity contribution is 7.14. The van der Waals surface area contributed by atoms with E-state index in [0.29, 0.717) is 17.1 Å². The maximum absolute atomic E-state index is 12.0. The van der Waals surface area contributed by atoms with Gasteiger partial charge in [-0.2, -0.15) is 0 Å². The van der Waals surface area contributed by atoms with Gasteiger partial charge in [-0.1, -0.05) is 23.7 Å². The van der Waals surface area contributed by atoms with Crippen LogP contribution in [0.1, 0.15) is 21.6 Å². The number of carbonyl (C=O) groups is 1. The molecule has 4 rings (SSSR count). The Morgan fingerprint density at radius 2 is 2.00 bits per heavy atom. The first-order chi connectivity index (χ1) is 14.9. The van der Waals surface area contributed by atoms with Gasteiger partial charge in [0.25, 0.3) is 5.91 Å². The van der Waals surface area contributed by atoms with Crippen LogP contribution < -0.4 is 15.8 Å². The number of anilines is 2. The maximum Gasteiger partial charge on any atom is 0.250 e. The van der Waals surface area contributed by atoms with Crippen LogP contribution >= 0.6 is 22.9 Å². The quantitative estimate of drug-likeness (QED) is 0.389. The highest BCUT2D eigenvalue weighted by Gasteiger charge is 2.19. The van der Waals surface area contributed by atoms with Crippen molar-refractivity contribution in [1.82, 2.24) is 9.55 Å². The first kappa shape index (κ1) is 21.0. The molecular formula is C23H21ClN4O2S. The topological polar surface area (TPSA) is 82.2 Å². The van der Waals surface area contributed by atoms with E-state index < -0.39 is 5.91 Å². The number of carbonyl (C=O) groups excluding carboxylic acids is 1. The van der Waals surface area contributed by atoms with E-state index in [9.17, 15) is 4.79 Å². The van der Waals surface area contributed by atoms with Crippen LogP contribution in [0.2, 0.25) is 5.02 Å². The molecule has 4 aromatic rings. The van der Waals surface area contributed by atoms with Crippen molar-refractivity contribution in [3.63, 3.8) is 0 Å². The molecule has 2 aromatic carbocycles. The zero-order valence-corrected chi connectivity index (χ0v) is 18.6. The van der Waals surface area contributed by atoms with Crippen LogP contribution in [-0.2, 0) is 6.54 Å². The fraction of sp³-hybridized carbons (Fsp3) is 0.130. The van der Waals surface area contributed by atoms with E-state index in [0.717, 1.165) is 39.2 Å². The van der Waals surface area contributed by atoms with Crippen molar-refractivity contribution in [3.05, 3.63) is 81.8 Å². The summed E-state index contributed by atoms with van der Waals surface area (Å²) in [5, 5.41) is 6.66. The van der Waals surface area contributed by atoms with E-state index in [1.807, 2.05) is 60.8 Å². The lowest BCUT2D eigenvalue weighted by molar-refractivity contribution is 0.0999. The van der Waals surface area contributed by atoms with Gasteiger partial charge in [-0.3, -0.25) is 4.79 Å². The first-order valence-corrected chi connectivity index (χ1v) is 10.8. The Labute approximate surface area is 189 Å². The third-order valence-corrected chi connectivity index (χ3v) is 5.98. The van der Waals surface area contributed by atoms with Crippen LogP contribution in [0.4, 0.5) is 10.8 Å². The summed E-state index contributed by atoms with van der Waals surface area (Å²) in [6, 6.07) is 17.1. The predicted octanol–water partition coefficient (Wildman–Crippen LogP) is 5.47. The second kappa shape index (κ2) is 8.83. The Bertz CT molecular complexity index is 1230. The molecule has 8 heteroatoms. The molecule has 2 aromatic heterocycles. The number of thiazole rings is 1. The molecule has 0 unspecified atom stereocenters. The van der Waals surface area contributed by atoms with Gasteiger partial charge in [0, 0.05) is 28.3 Å². The number of hydrogen-bond acceptors (Lipinski definition) is 5. The highest BCUT2D eigenvalue weighted by atomic mass is 35.5. The van der Waals surface area contributed by atoms with Gasteiger partial charge >= 0.3 is 0 Å². The molecule has 158 valence electrons. The highest BCUT2D eigenvalue weighted by Crippen LogP contribution is 2.31. The number of benzene rings is 2. The Hall–Kier alpha value is -3.29. The SMILES string of the molecule is COc1cccc(Cn2c(-c3csc(Nc4ccc(Cl)cc4)n3)cc(C(N)=O)c2C)c1. The lowest BCUT2D eigenvalue weighted by Crippen LogP contribution is -2.12. The zero-order valence-electron chi connectivity index (χ0n) is 17.1. The number of hydrogen-bond donors (Lipinski definition) is 2. The smallest absolute Gasteiger partial charge is 0.250 e. The molecule has 1 amide bonds. The number of nitrogens with one attached hydrogen (secondary N) is 1. The molecule has 0 aliphatic heterocycles. The fourth-order valence-electron chi connectivity index (χ4n) is 3.37. The average Bonchev–Trinajstić information content (AvgIpc) is 3.35. The van der Waals surface area contributed by atoms with E-state index in [2.05, 4.69) is 9.88 Å². The Morgan fingerprint density at radius 1 is 1.23 bits per heavy atom. The summed E-state index contributed by atoms with van der Waals surface area (Å²) in [6.45, 7) is 2.45. The molecule has 31 heavy (non-hydrogen) atoms. The molecule has 0 aliphatic rings. The number of nitrogens with two attached hydrogens (primary N) is 1. The van der Waals surface area contributed by atoms with Gasteiger partial charge in [0.2, 0.25) is 0 Å². The van der Waals surface area contributed by atoms with Crippen LogP contribution in [-0.4, -0.2) is 22.6 Å². The molecule has 0 saturated carbocycles. The lowest BCUT2D eigenvalue weighted by atomic mass is 10.2. The van der Waals surface area contributed by atoms with E-state index in [-0.39, 0.29) is 0 Å². The molecule has 6 nitrogen and oxygen atoms in total. The number of nitrogens with zero attached hydrogens (tertiary/aromatic N) is 2. The molecule has 0 fully saturated rings. The number of primary amides is 1. The van der Waals surface area contributed by atoms with Crippen molar-refractivity contribution in [2.75, 3.05) is 12.4 Å². The molecule has 0 radical (unpaired) electrons. The van der Waals surface area contributed by atoms with Gasteiger partial charge in [0.05, 0.1) is 24.1 Å². The predicted molar refractivity (Wildman–Crippen MR) is 126 cm³/mol. The van der Waals surface area contributed by atoms with Crippen molar-refractivity contribution < 1.29 is 9.53 Å². The minimum atomic E-state index is -0.460. The first-order valence-electron chi connectivity index (χ1n) is 9.56. The number of aromatic nitrogens is 2. The summed E-state index contributed by atoms with van der Waals surface area (Å²) in [6.07, 6.45) is 0. The second-order valence-corrected chi connectivity index (χ2v) is 8.29. The molecule has 2 heterocycles. The third-order valence-electron chi connectivity index (χ3n) is 4.97. The summed E-state index contributed by atoms with van der Waals surface area (Å²) < 4.78 is 7.39. The van der Waals surface area contributed by atoms with Gasteiger partial charge in [-0.05, 0) is 55.0 Å². The number of halogens is 1. The van der Waals surface area contributed by atoms with Crippen LogP contribution in [0, 0.1) is 6.92 Å². The second-order valence-electron chi connectivity index (χ2n) is 7.00. The Balaban J connectivity index is 1.69. The van der Waals surface area contributed by atoms with Gasteiger partial charge in [-0.15, -0.1) is 11.3 Å². The van der Waals surface area contributed by atoms with Crippen LogP contribution in [0.15, 0.2) is 60.0 Å². The van der Waals surface area contributed by atoms with Crippen molar-refractivity contribution in [3.8, 4) is 17.1 Å². The summed E-state index contributed by atoms with van der Waals surface area (Å²) >= 11 is 7.44. The standard InChI is InChI=1S/C23H21ClN4O2S/c1-14-19(22(25)29)11-21(28(14)12-15-4-3-5-18(10-15)30-2)20-13-31-23(27-20)26-17-8-6-16(24)7-9-17/h3-11,13H,12H2,1-2H3,(H2,25,29)(H,26,27). The average molecular weight is 453 g/mol. The monoisotopic (exact) mass is 452 g/mol. The van der Waals surface area contributed by atoms with E-state index in [1.165, 1.54) is 11.3 Å². The Kier molecular flexibility index (Phi) is 5.97. The maximum atomic E-state index is 12.0. The molecule has 0 spiro atoms. The largest absolute Gasteiger partial charge is 0.497 e. The summed E-state index contributed by atoms with van der Waals surface area (Å²) in [5.41, 5.74) is 10.4. The minimum Gasteiger partial charge on any atom is -0.497 e. The van der Waals surface area contributed by atoms with Crippen LogP contribution in [0.5, 0.6) is 5.75 Å². The van der Waals surface area contributed by atoms with Gasteiger partial charge in [0.1, 0.15) is 5.75 Å². The fourth-order valence-corrected chi connectivity index (χ4v) is 4.22. The minimum absolute atomic E-state index is 0.460. The van der Waals surface area contributed by atoms with Crippen molar-refractivity contribution >= 4 is 39.7 Å². The van der Waals surface area contributed by atoms with E-state index in [4.69, 9.17) is 27.1 Å². The molecule has 3 N–H and O–H groups in total. The van der Waals surface area contributed by atoms with Gasteiger partial charge in [0.15, 0.2) is 5.13 Å².